The van der Waals surface area contributed by atoms with Crippen LogP contribution in [0, 0.1) is 5.82 Å². The van der Waals surface area contributed by atoms with Gasteiger partial charge >= 0.3 is 0 Å². The van der Waals surface area contributed by atoms with Gasteiger partial charge in [0.15, 0.2) is 5.65 Å². The average molecular weight is 518 g/mol. The normalized spacial score (nSPS) is 19.2. The number of carbonyl (C=O) groups is 1. The lowest BCUT2D eigenvalue weighted by Gasteiger charge is -2.31. The number of ether oxygens (including phenoxy) is 1. The van der Waals surface area contributed by atoms with Crippen LogP contribution in [-0.2, 0) is 4.74 Å². The number of morpholine rings is 1. The van der Waals surface area contributed by atoms with Gasteiger partial charge in [0.2, 0.25) is 0 Å². The van der Waals surface area contributed by atoms with Crippen molar-refractivity contribution < 1.29 is 13.9 Å². The maximum absolute atomic E-state index is 14.9. The fraction of sp³-hybridized carbons (Fsp3) is 0.409. The van der Waals surface area contributed by atoms with Crippen LogP contribution in [-0.4, -0.2) is 65.9 Å². The Morgan fingerprint density at radius 3 is 2.85 bits per heavy atom. The molecule has 2 fully saturated rings. The molecule has 0 saturated carbocycles. The third-order valence-corrected chi connectivity index (χ3v) is 6.67. The minimum atomic E-state index is -0.413. The maximum atomic E-state index is 14.9. The molecule has 0 unspecified atom stereocenters. The number of halogens is 2. The lowest BCUT2D eigenvalue weighted by Crippen LogP contribution is -2.43. The van der Waals surface area contributed by atoms with Crippen LogP contribution in [0.15, 0.2) is 35.1 Å². The highest BCUT2D eigenvalue weighted by Gasteiger charge is 2.22. The molecule has 33 heavy (non-hydrogen) atoms. The van der Waals surface area contributed by atoms with Crippen LogP contribution < -0.4 is 20.9 Å². The van der Waals surface area contributed by atoms with Gasteiger partial charge in [0.05, 0.1) is 30.8 Å². The zero-order chi connectivity index (χ0) is 22.9. The number of amides is 1. The number of carbonyl (C=O) groups excluding carboxylic acids is 1. The van der Waals surface area contributed by atoms with E-state index in [-0.39, 0.29) is 6.04 Å². The predicted molar refractivity (Wildman–Crippen MR) is 127 cm³/mol. The van der Waals surface area contributed by atoms with Crippen LogP contribution in [0.3, 0.4) is 0 Å². The van der Waals surface area contributed by atoms with Gasteiger partial charge in [-0.15, -0.1) is 0 Å². The first kappa shape index (κ1) is 22.1. The van der Waals surface area contributed by atoms with Crippen molar-refractivity contribution in [2.45, 2.75) is 18.9 Å². The first-order valence-electron chi connectivity index (χ1n) is 11.0. The Hall–Kier alpha value is -2.76. The number of fused-ring (bicyclic) bond motifs is 1. The molecule has 0 spiro atoms. The molecule has 9 nitrogen and oxygen atoms in total. The van der Waals surface area contributed by atoms with E-state index in [2.05, 4.69) is 36.2 Å². The lowest BCUT2D eigenvalue weighted by molar-refractivity contribution is 0.102. The van der Waals surface area contributed by atoms with Gasteiger partial charge in [-0.25, -0.2) is 13.9 Å². The Morgan fingerprint density at radius 1 is 1.24 bits per heavy atom. The van der Waals surface area contributed by atoms with E-state index >= 15 is 0 Å². The molecule has 2 saturated heterocycles. The van der Waals surface area contributed by atoms with Crippen molar-refractivity contribution in [3.8, 4) is 0 Å². The fourth-order valence-electron chi connectivity index (χ4n) is 4.28. The van der Waals surface area contributed by atoms with E-state index in [1.165, 1.54) is 12.3 Å². The third-order valence-electron chi connectivity index (χ3n) is 6.02. The summed E-state index contributed by atoms with van der Waals surface area (Å²) >= 11 is 3.46. The molecule has 0 bridgehead atoms. The summed E-state index contributed by atoms with van der Waals surface area (Å²) in [6, 6.07) is 4.99. The molecule has 2 aliphatic rings. The summed E-state index contributed by atoms with van der Waals surface area (Å²) in [4.78, 5) is 21.8. The molecule has 1 atom stereocenters. The van der Waals surface area contributed by atoms with Gasteiger partial charge in [0, 0.05) is 49.0 Å². The van der Waals surface area contributed by atoms with E-state index in [0.29, 0.717) is 53.4 Å². The molecular weight excluding hydrogens is 493 g/mol. The summed E-state index contributed by atoms with van der Waals surface area (Å²) in [6.07, 6.45) is 5.24. The van der Waals surface area contributed by atoms with Crippen molar-refractivity contribution in [1.29, 1.82) is 0 Å². The molecule has 0 aliphatic carbocycles. The average Bonchev–Trinajstić information content (AvgIpc) is 3.25. The van der Waals surface area contributed by atoms with E-state index in [1.807, 2.05) is 11.0 Å². The SMILES string of the molecule is N[C@@H]1CCCN(c2ccn3ncc(C(=O)Nc4cc(F)c(N5CCOCC5)cc4Br)c3n2)C1. The fourth-order valence-corrected chi connectivity index (χ4v) is 4.71. The minimum absolute atomic E-state index is 0.108. The monoisotopic (exact) mass is 517 g/mol. The zero-order valence-corrected chi connectivity index (χ0v) is 19.6. The lowest BCUT2D eigenvalue weighted by atomic mass is 10.1. The second-order valence-electron chi connectivity index (χ2n) is 8.30. The predicted octanol–water partition coefficient (Wildman–Crippen LogP) is 2.65. The molecule has 5 rings (SSSR count). The summed E-state index contributed by atoms with van der Waals surface area (Å²) in [5.74, 6) is -0.0596. The number of anilines is 3. The summed E-state index contributed by atoms with van der Waals surface area (Å²) in [5, 5.41) is 7.03. The van der Waals surface area contributed by atoms with Gasteiger partial charge in [-0.1, -0.05) is 0 Å². The highest BCUT2D eigenvalue weighted by molar-refractivity contribution is 9.10. The van der Waals surface area contributed by atoms with Crippen molar-refractivity contribution in [3.05, 3.63) is 46.4 Å². The Bertz CT molecular complexity index is 1180. The quantitative estimate of drug-likeness (QED) is 0.548. The Kier molecular flexibility index (Phi) is 6.17. The van der Waals surface area contributed by atoms with Crippen molar-refractivity contribution in [2.24, 2.45) is 5.73 Å². The Labute approximate surface area is 198 Å². The second kappa shape index (κ2) is 9.24. The van der Waals surface area contributed by atoms with Gasteiger partial charge in [-0.2, -0.15) is 5.10 Å². The number of hydrogen-bond donors (Lipinski definition) is 2. The summed E-state index contributed by atoms with van der Waals surface area (Å²) in [5.41, 5.74) is 7.67. The largest absolute Gasteiger partial charge is 0.378 e. The van der Waals surface area contributed by atoms with Crippen molar-refractivity contribution in [3.63, 3.8) is 0 Å². The van der Waals surface area contributed by atoms with E-state index in [9.17, 15) is 9.18 Å². The molecule has 3 aromatic rings. The second-order valence-corrected chi connectivity index (χ2v) is 9.15. The van der Waals surface area contributed by atoms with Gasteiger partial charge in [0.25, 0.3) is 5.91 Å². The molecule has 2 aliphatic heterocycles. The highest BCUT2D eigenvalue weighted by Crippen LogP contribution is 2.32. The minimum Gasteiger partial charge on any atom is -0.378 e. The third kappa shape index (κ3) is 4.53. The van der Waals surface area contributed by atoms with Crippen molar-refractivity contribution >= 4 is 44.7 Å². The molecular formula is C22H25BrFN7O2. The van der Waals surface area contributed by atoms with Crippen LogP contribution in [0.2, 0.25) is 0 Å². The van der Waals surface area contributed by atoms with E-state index in [4.69, 9.17) is 10.5 Å². The Morgan fingerprint density at radius 2 is 2.06 bits per heavy atom. The summed E-state index contributed by atoms with van der Waals surface area (Å²) in [7, 11) is 0. The first-order valence-corrected chi connectivity index (χ1v) is 11.8. The number of nitrogens with two attached hydrogens (primary N) is 1. The molecule has 11 heteroatoms. The Balaban J connectivity index is 1.39. The van der Waals surface area contributed by atoms with Gasteiger partial charge in [-0.05, 0) is 40.9 Å². The smallest absolute Gasteiger partial charge is 0.261 e. The molecule has 4 heterocycles. The van der Waals surface area contributed by atoms with Crippen LogP contribution >= 0.6 is 15.9 Å². The van der Waals surface area contributed by atoms with Crippen LogP contribution in [0.1, 0.15) is 23.2 Å². The first-order chi connectivity index (χ1) is 16.0. The van der Waals surface area contributed by atoms with Crippen molar-refractivity contribution in [1.82, 2.24) is 14.6 Å². The molecule has 1 aromatic carbocycles. The van der Waals surface area contributed by atoms with Crippen LogP contribution in [0.4, 0.5) is 21.6 Å². The topological polar surface area (TPSA) is 101 Å². The number of nitrogens with zero attached hydrogens (tertiary/aromatic N) is 5. The number of piperidine rings is 1. The van der Waals surface area contributed by atoms with Crippen LogP contribution in [0.25, 0.3) is 5.65 Å². The summed E-state index contributed by atoms with van der Waals surface area (Å²) in [6.45, 7) is 3.95. The zero-order valence-electron chi connectivity index (χ0n) is 18.0. The van der Waals surface area contributed by atoms with Gasteiger partial charge in [-0.3, -0.25) is 4.79 Å². The molecule has 1 amide bonds. The number of rotatable bonds is 4. The maximum Gasteiger partial charge on any atom is 0.261 e. The van der Waals surface area contributed by atoms with Crippen molar-refractivity contribution in [2.75, 3.05) is 54.5 Å². The number of hydrogen-bond acceptors (Lipinski definition) is 7. The van der Waals surface area contributed by atoms with Gasteiger partial charge < -0.3 is 25.6 Å². The molecule has 0 radical (unpaired) electrons. The van der Waals surface area contributed by atoms with Gasteiger partial charge in [0.1, 0.15) is 17.2 Å². The van der Waals surface area contributed by atoms with E-state index < -0.39 is 11.7 Å². The highest BCUT2D eigenvalue weighted by atomic mass is 79.9. The number of benzene rings is 1. The number of aromatic nitrogens is 3. The number of nitrogens with one attached hydrogen (secondary N) is 1. The van der Waals surface area contributed by atoms with E-state index in [1.54, 1.807) is 16.8 Å². The molecule has 174 valence electrons. The summed E-state index contributed by atoms with van der Waals surface area (Å²) < 4.78 is 22.3. The molecule has 2 aromatic heterocycles. The van der Waals surface area contributed by atoms with Crippen LogP contribution in [0.5, 0.6) is 0 Å². The standard InChI is InChI=1S/C22H25BrFN7O2/c23-16-10-19(29-6-8-33-9-7-29)17(24)11-18(16)27-22(32)15-12-26-31-5-3-20(28-21(15)31)30-4-1-2-14(25)13-30/h3,5,10-12,14H,1-2,4,6-9,13,25H2,(H,27,32)/t14-/m1/s1. The van der Waals surface area contributed by atoms with E-state index in [0.717, 1.165) is 31.7 Å². The molecule has 3 N–H and O–H groups in total.